The third-order valence-corrected chi connectivity index (χ3v) is 6.79. The van der Waals surface area contributed by atoms with Crippen LogP contribution >= 0.6 is 23.2 Å². The molecular formula is C23H22Cl2N2O4S. The third-order valence-electron chi connectivity index (χ3n) is 4.72. The SMILES string of the molecule is COc1ccc(C(=O)NCc2ccc(Cl)cc2Cl)cc1S(=O)(=O)NCCc1ccccc1. The first-order valence-corrected chi connectivity index (χ1v) is 12.0. The largest absolute Gasteiger partial charge is 0.495 e. The maximum atomic E-state index is 12.9. The first-order chi connectivity index (χ1) is 15.3. The van der Waals surface area contributed by atoms with Crippen LogP contribution in [0.15, 0.2) is 71.6 Å². The average molecular weight is 493 g/mol. The molecule has 0 atom stereocenters. The minimum absolute atomic E-state index is 0.106. The van der Waals surface area contributed by atoms with Gasteiger partial charge in [0.15, 0.2) is 0 Å². The highest BCUT2D eigenvalue weighted by molar-refractivity contribution is 7.89. The highest BCUT2D eigenvalue weighted by atomic mass is 35.5. The Hall–Kier alpha value is -2.58. The van der Waals surface area contributed by atoms with Crippen molar-refractivity contribution >= 4 is 39.1 Å². The summed E-state index contributed by atoms with van der Waals surface area (Å²) in [7, 11) is -2.52. The molecular weight excluding hydrogens is 471 g/mol. The summed E-state index contributed by atoms with van der Waals surface area (Å²) in [5.74, 6) is -0.297. The lowest BCUT2D eigenvalue weighted by Gasteiger charge is -2.13. The van der Waals surface area contributed by atoms with E-state index in [1.807, 2.05) is 30.3 Å². The number of ether oxygens (including phenoxy) is 1. The van der Waals surface area contributed by atoms with Gasteiger partial charge >= 0.3 is 0 Å². The number of hydrogen-bond donors (Lipinski definition) is 2. The van der Waals surface area contributed by atoms with Crippen molar-refractivity contribution in [1.29, 1.82) is 0 Å². The Kier molecular flexibility index (Phi) is 8.15. The number of benzene rings is 3. The summed E-state index contributed by atoms with van der Waals surface area (Å²) in [6.45, 7) is 0.374. The summed E-state index contributed by atoms with van der Waals surface area (Å²) in [5.41, 5.74) is 1.88. The molecule has 0 bridgehead atoms. The quantitative estimate of drug-likeness (QED) is 0.461. The normalized spacial score (nSPS) is 11.2. The van der Waals surface area contributed by atoms with E-state index in [9.17, 15) is 13.2 Å². The first-order valence-electron chi connectivity index (χ1n) is 9.74. The van der Waals surface area contributed by atoms with Crippen molar-refractivity contribution < 1.29 is 17.9 Å². The van der Waals surface area contributed by atoms with Gasteiger partial charge in [0.1, 0.15) is 10.6 Å². The zero-order valence-electron chi connectivity index (χ0n) is 17.3. The second-order valence-electron chi connectivity index (χ2n) is 6.92. The van der Waals surface area contributed by atoms with Crippen LogP contribution in [0.25, 0.3) is 0 Å². The highest BCUT2D eigenvalue weighted by Crippen LogP contribution is 2.25. The third kappa shape index (κ3) is 6.23. The summed E-state index contributed by atoms with van der Waals surface area (Å²) < 4.78 is 33.5. The van der Waals surface area contributed by atoms with Gasteiger partial charge in [-0.2, -0.15) is 0 Å². The van der Waals surface area contributed by atoms with Crippen LogP contribution in [0.4, 0.5) is 0 Å². The van der Waals surface area contributed by atoms with Gasteiger partial charge in [0.05, 0.1) is 7.11 Å². The molecule has 32 heavy (non-hydrogen) atoms. The Morgan fingerprint density at radius 2 is 1.75 bits per heavy atom. The van der Waals surface area contributed by atoms with Gasteiger partial charge in [-0.3, -0.25) is 4.79 Å². The molecule has 6 nitrogen and oxygen atoms in total. The Labute approximate surface area is 197 Å². The summed E-state index contributed by atoms with van der Waals surface area (Å²) in [5, 5.41) is 3.66. The zero-order chi connectivity index (χ0) is 23.1. The lowest BCUT2D eigenvalue weighted by molar-refractivity contribution is 0.0950. The smallest absolute Gasteiger partial charge is 0.251 e. The molecule has 0 saturated heterocycles. The Balaban J connectivity index is 1.72. The monoisotopic (exact) mass is 492 g/mol. The predicted molar refractivity (Wildman–Crippen MR) is 126 cm³/mol. The number of sulfonamides is 1. The van der Waals surface area contributed by atoms with E-state index in [1.165, 1.54) is 25.3 Å². The molecule has 0 aliphatic rings. The van der Waals surface area contributed by atoms with Crippen LogP contribution in [0, 0.1) is 0 Å². The maximum absolute atomic E-state index is 12.9. The van der Waals surface area contributed by atoms with Crippen LogP contribution in [-0.2, 0) is 23.0 Å². The number of rotatable bonds is 9. The van der Waals surface area contributed by atoms with E-state index >= 15 is 0 Å². The van der Waals surface area contributed by atoms with Crippen LogP contribution in [-0.4, -0.2) is 28.0 Å². The van der Waals surface area contributed by atoms with Gasteiger partial charge in [0.2, 0.25) is 10.0 Å². The van der Waals surface area contributed by atoms with Crippen LogP contribution in [0.5, 0.6) is 5.75 Å². The second-order valence-corrected chi connectivity index (χ2v) is 9.50. The topological polar surface area (TPSA) is 84.5 Å². The summed E-state index contributed by atoms with van der Waals surface area (Å²) in [4.78, 5) is 12.5. The molecule has 3 rings (SSSR count). The molecule has 0 aliphatic carbocycles. The Morgan fingerprint density at radius 1 is 1.00 bits per heavy atom. The van der Waals surface area contributed by atoms with Crippen LogP contribution < -0.4 is 14.8 Å². The Morgan fingerprint density at radius 3 is 2.44 bits per heavy atom. The Bertz CT molecular complexity index is 1200. The van der Waals surface area contributed by atoms with Crippen molar-refractivity contribution in [3.63, 3.8) is 0 Å². The summed E-state index contributed by atoms with van der Waals surface area (Å²) in [6.07, 6.45) is 0.532. The molecule has 168 valence electrons. The van der Waals surface area contributed by atoms with E-state index in [-0.39, 0.29) is 29.3 Å². The molecule has 0 aromatic heterocycles. The van der Waals surface area contributed by atoms with Gasteiger partial charge < -0.3 is 10.1 Å². The molecule has 0 saturated carbocycles. The molecule has 1 amide bonds. The van der Waals surface area contributed by atoms with E-state index in [0.29, 0.717) is 22.0 Å². The fraction of sp³-hybridized carbons (Fsp3) is 0.174. The van der Waals surface area contributed by atoms with Crippen molar-refractivity contribution in [3.8, 4) is 5.75 Å². The fourth-order valence-electron chi connectivity index (χ4n) is 3.02. The molecule has 9 heteroatoms. The lowest BCUT2D eigenvalue weighted by Crippen LogP contribution is -2.27. The van der Waals surface area contributed by atoms with Crippen LogP contribution in [0.3, 0.4) is 0 Å². The number of nitrogens with one attached hydrogen (secondary N) is 2. The van der Waals surface area contributed by atoms with E-state index in [4.69, 9.17) is 27.9 Å². The molecule has 0 aliphatic heterocycles. The number of carbonyl (C=O) groups excluding carboxylic acids is 1. The van der Waals surface area contributed by atoms with Gasteiger partial charge in [-0.05, 0) is 47.9 Å². The zero-order valence-corrected chi connectivity index (χ0v) is 19.6. The number of carbonyl (C=O) groups is 1. The van der Waals surface area contributed by atoms with Gasteiger partial charge in [-0.1, -0.05) is 59.6 Å². The predicted octanol–water partition coefficient (Wildman–Crippen LogP) is 4.45. The molecule has 0 heterocycles. The molecule has 3 aromatic rings. The van der Waals surface area contributed by atoms with Crippen molar-refractivity contribution in [2.45, 2.75) is 17.9 Å². The molecule has 0 fully saturated rings. The number of methoxy groups -OCH3 is 1. The van der Waals surface area contributed by atoms with E-state index < -0.39 is 15.9 Å². The number of amides is 1. The lowest BCUT2D eigenvalue weighted by atomic mass is 10.2. The fourth-order valence-corrected chi connectivity index (χ4v) is 4.72. The summed E-state index contributed by atoms with van der Waals surface area (Å²) in [6, 6.07) is 18.8. The first kappa shape index (κ1) is 24.1. The van der Waals surface area contributed by atoms with E-state index in [1.54, 1.807) is 18.2 Å². The van der Waals surface area contributed by atoms with Crippen molar-refractivity contribution in [2.75, 3.05) is 13.7 Å². The molecule has 0 spiro atoms. The molecule has 0 radical (unpaired) electrons. The van der Waals surface area contributed by atoms with Gasteiger partial charge in [0.25, 0.3) is 5.91 Å². The van der Waals surface area contributed by atoms with Gasteiger partial charge in [0, 0.05) is 28.7 Å². The summed E-state index contributed by atoms with van der Waals surface area (Å²) >= 11 is 12.0. The molecule has 3 aromatic carbocycles. The van der Waals surface area contributed by atoms with Crippen LogP contribution in [0.1, 0.15) is 21.5 Å². The molecule has 0 unspecified atom stereocenters. The minimum Gasteiger partial charge on any atom is -0.495 e. The van der Waals surface area contributed by atoms with Crippen LogP contribution in [0.2, 0.25) is 10.0 Å². The van der Waals surface area contributed by atoms with Crippen molar-refractivity contribution in [2.24, 2.45) is 0 Å². The number of hydrogen-bond acceptors (Lipinski definition) is 4. The van der Waals surface area contributed by atoms with Gasteiger partial charge in [-0.25, -0.2) is 13.1 Å². The average Bonchev–Trinajstić information content (AvgIpc) is 2.78. The standard InChI is InChI=1S/C23H22Cl2N2O4S/c1-31-21-10-8-17(23(28)26-15-18-7-9-19(24)14-20(18)25)13-22(21)32(29,30)27-12-11-16-5-3-2-4-6-16/h2-10,13-14,27H,11-12,15H2,1H3,(H,26,28). The van der Waals surface area contributed by atoms with Gasteiger partial charge in [-0.15, -0.1) is 0 Å². The minimum atomic E-state index is -3.90. The highest BCUT2D eigenvalue weighted by Gasteiger charge is 2.21. The van der Waals surface area contributed by atoms with E-state index in [2.05, 4.69) is 10.0 Å². The van der Waals surface area contributed by atoms with E-state index in [0.717, 1.165) is 5.56 Å². The maximum Gasteiger partial charge on any atom is 0.251 e. The van der Waals surface area contributed by atoms with Crippen molar-refractivity contribution in [1.82, 2.24) is 10.0 Å². The number of halogens is 2. The second kappa shape index (κ2) is 10.8. The van der Waals surface area contributed by atoms with Crippen molar-refractivity contribution in [3.05, 3.63) is 93.5 Å². The molecule has 2 N–H and O–H groups in total.